The minimum atomic E-state index is 0.400. The van der Waals surface area contributed by atoms with Crippen molar-refractivity contribution in [1.82, 2.24) is 14.7 Å². The van der Waals surface area contributed by atoms with Gasteiger partial charge in [-0.15, -0.1) is 0 Å². The first-order valence-corrected chi connectivity index (χ1v) is 7.00. The Bertz CT molecular complexity index is 407. The molecule has 0 bridgehead atoms. The Labute approximate surface area is 114 Å². The van der Waals surface area contributed by atoms with Crippen molar-refractivity contribution in [3.63, 3.8) is 0 Å². The van der Waals surface area contributed by atoms with E-state index in [-0.39, 0.29) is 0 Å². The van der Waals surface area contributed by atoms with Crippen molar-refractivity contribution < 1.29 is 0 Å². The summed E-state index contributed by atoms with van der Waals surface area (Å²) in [5.74, 6) is 0. The third-order valence-electron chi connectivity index (χ3n) is 4.03. The fourth-order valence-electron chi connectivity index (χ4n) is 2.76. The summed E-state index contributed by atoms with van der Waals surface area (Å²) in [6, 6.07) is 1.02. The fraction of sp³-hybridized carbons (Fsp3) is 0.769. The van der Waals surface area contributed by atoms with Crippen LogP contribution in [0.1, 0.15) is 37.1 Å². The molecule has 1 heterocycles. The molecule has 0 saturated heterocycles. The molecule has 0 aliphatic heterocycles. The maximum absolute atomic E-state index is 6.29. The predicted octanol–water partition coefficient (Wildman–Crippen LogP) is 2.08. The van der Waals surface area contributed by atoms with E-state index in [1.54, 1.807) is 0 Å². The standard InChI is InChI=1S/C13H23ClN4/c1-9-13(14)12(18(3)16-9)8-17(2)11-6-4-10(15)5-7-11/h10-11H,4-8,15H2,1-3H3. The van der Waals surface area contributed by atoms with Crippen molar-refractivity contribution in [2.75, 3.05) is 7.05 Å². The Morgan fingerprint density at radius 2 is 2.00 bits per heavy atom. The monoisotopic (exact) mass is 270 g/mol. The van der Waals surface area contributed by atoms with E-state index >= 15 is 0 Å². The van der Waals surface area contributed by atoms with Crippen molar-refractivity contribution in [2.45, 2.75) is 51.2 Å². The molecule has 1 aliphatic rings. The van der Waals surface area contributed by atoms with Gasteiger partial charge in [0.25, 0.3) is 0 Å². The van der Waals surface area contributed by atoms with Gasteiger partial charge in [0, 0.05) is 25.7 Å². The van der Waals surface area contributed by atoms with Crippen LogP contribution in [0.2, 0.25) is 5.02 Å². The lowest BCUT2D eigenvalue weighted by atomic mass is 9.91. The lowest BCUT2D eigenvalue weighted by molar-refractivity contribution is 0.173. The summed E-state index contributed by atoms with van der Waals surface area (Å²) >= 11 is 6.29. The Kier molecular flexibility index (Phi) is 4.30. The molecule has 1 fully saturated rings. The normalized spacial score (nSPS) is 24.8. The Hall–Kier alpha value is -0.580. The summed E-state index contributed by atoms with van der Waals surface area (Å²) in [7, 11) is 4.12. The number of aryl methyl sites for hydroxylation is 2. The van der Waals surface area contributed by atoms with Crippen molar-refractivity contribution in [2.24, 2.45) is 12.8 Å². The number of hydrogen-bond acceptors (Lipinski definition) is 3. The van der Waals surface area contributed by atoms with Gasteiger partial charge in [0.2, 0.25) is 0 Å². The first kappa shape index (κ1) is 13.8. The van der Waals surface area contributed by atoms with Gasteiger partial charge in [-0.2, -0.15) is 5.10 Å². The highest BCUT2D eigenvalue weighted by Crippen LogP contribution is 2.25. The smallest absolute Gasteiger partial charge is 0.0860 e. The fourth-order valence-corrected chi connectivity index (χ4v) is 2.98. The number of nitrogens with two attached hydrogens (primary N) is 1. The number of aromatic nitrogens is 2. The molecule has 1 aromatic heterocycles. The van der Waals surface area contributed by atoms with Gasteiger partial charge in [-0.3, -0.25) is 9.58 Å². The molecule has 1 saturated carbocycles. The molecule has 1 aromatic rings. The number of halogens is 1. The first-order chi connectivity index (χ1) is 8.49. The van der Waals surface area contributed by atoms with Crippen LogP contribution in [0.5, 0.6) is 0 Å². The van der Waals surface area contributed by atoms with Crippen molar-refractivity contribution in [3.05, 3.63) is 16.4 Å². The topological polar surface area (TPSA) is 47.1 Å². The van der Waals surface area contributed by atoms with Crippen molar-refractivity contribution in [1.29, 1.82) is 0 Å². The number of rotatable bonds is 3. The number of nitrogens with zero attached hydrogens (tertiary/aromatic N) is 3. The van der Waals surface area contributed by atoms with E-state index in [0.717, 1.165) is 35.8 Å². The van der Waals surface area contributed by atoms with Gasteiger partial charge in [0.1, 0.15) is 0 Å². The zero-order valence-electron chi connectivity index (χ0n) is 11.5. The maximum atomic E-state index is 6.29. The summed E-state index contributed by atoms with van der Waals surface area (Å²) in [5, 5.41) is 5.16. The van der Waals surface area contributed by atoms with Crippen LogP contribution in [0.3, 0.4) is 0 Å². The third-order valence-corrected chi connectivity index (χ3v) is 4.52. The van der Waals surface area contributed by atoms with E-state index in [1.807, 2.05) is 18.7 Å². The van der Waals surface area contributed by atoms with Crippen LogP contribution in [0.15, 0.2) is 0 Å². The van der Waals surface area contributed by atoms with Gasteiger partial charge in [-0.1, -0.05) is 11.6 Å². The minimum absolute atomic E-state index is 0.400. The van der Waals surface area contributed by atoms with E-state index in [2.05, 4.69) is 17.0 Å². The van der Waals surface area contributed by atoms with Gasteiger partial charge in [-0.05, 0) is 39.7 Å². The Balaban J connectivity index is 2.00. The van der Waals surface area contributed by atoms with Gasteiger partial charge < -0.3 is 5.73 Å². The van der Waals surface area contributed by atoms with Crippen LogP contribution in [0.25, 0.3) is 0 Å². The Morgan fingerprint density at radius 3 is 2.50 bits per heavy atom. The second kappa shape index (κ2) is 5.59. The zero-order valence-corrected chi connectivity index (χ0v) is 12.2. The highest BCUT2D eigenvalue weighted by atomic mass is 35.5. The highest BCUT2D eigenvalue weighted by Gasteiger charge is 2.23. The summed E-state index contributed by atoms with van der Waals surface area (Å²) in [6.07, 6.45) is 4.64. The molecule has 1 aliphatic carbocycles. The summed E-state index contributed by atoms with van der Waals surface area (Å²) < 4.78 is 1.89. The van der Waals surface area contributed by atoms with E-state index < -0.39 is 0 Å². The van der Waals surface area contributed by atoms with E-state index in [9.17, 15) is 0 Å². The van der Waals surface area contributed by atoms with Crippen molar-refractivity contribution in [3.8, 4) is 0 Å². The lowest BCUT2D eigenvalue weighted by Crippen LogP contribution is -2.38. The molecule has 102 valence electrons. The molecule has 0 amide bonds. The van der Waals surface area contributed by atoms with Crippen LogP contribution in [0.4, 0.5) is 0 Å². The molecular weight excluding hydrogens is 248 g/mol. The van der Waals surface area contributed by atoms with Crippen LogP contribution in [-0.4, -0.2) is 33.8 Å². The van der Waals surface area contributed by atoms with Crippen LogP contribution < -0.4 is 5.73 Å². The molecule has 18 heavy (non-hydrogen) atoms. The maximum Gasteiger partial charge on any atom is 0.0860 e. The van der Waals surface area contributed by atoms with Gasteiger partial charge in [0.15, 0.2) is 0 Å². The molecule has 0 aromatic carbocycles. The first-order valence-electron chi connectivity index (χ1n) is 6.62. The average molecular weight is 271 g/mol. The zero-order chi connectivity index (χ0) is 13.3. The number of hydrogen-bond donors (Lipinski definition) is 1. The molecule has 5 heteroatoms. The predicted molar refractivity (Wildman–Crippen MR) is 74.7 cm³/mol. The average Bonchev–Trinajstić information content (AvgIpc) is 2.57. The SMILES string of the molecule is Cc1nn(C)c(CN(C)C2CCC(N)CC2)c1Cl. The molecule has 0 unspecified atom stereocenters. The van der Waals surface area contributed by atoms with Crippen LogP contribution in [0, 0.1) is 6.92 Å². The van der Waals surface area contributed by atoms with Gasteiger partial charge in [-0.25, -0.2) is 0 Å². The van der Waals surface area contributed by atoms with E-state index in [0.29, 0.717) is 12.1 Å². The molecule has 4 nitrogen and oxygen atoms in total. The lowest BCUT2D eigenvalue weighted by Gasteiger charge is -2.33. The quantitative estimate of drug-likeness (QED) is 0.915. The summed E-state index contributed by atoms with van der Waals surface area (Å²) in [5.41, 5.74) is 7.96. The van der Waals surface area contributed by atoms with Crippen molar-refractivity contribution >= 4 is 11.6 Å². The van der Waals surface area contributed by atoms with Crippen LogP contribution in [-0.2, 0) is 13.6 Å². The molecule has 0 atom stereocenters. The van der Waals surface area contributed by atoms with Gasteiger partial charge >= 0.3 is 0 Å². The van der Waals surface area contributed by atoms with Gasteiger partial charge in [0.05, 0.1) is 16.4 Å². The molecule has 2 rings (SSSR count). The Morgan fingerprint density at radius 1 is 1.39 bits per heavy atom. The molecule has 0 spiro atoms. The minimum Gasteiger partial charge on any atom is -0.328 e. The van der Waals surface area contributed by atoms with Crippen LogP contribution >= 0.6 is 11.6 Å². The van der Waals surface area contributed by atoms with E-state index in [4.69, 9.17) is 17.3 Å². The van der Waals surface area contributed by atoms with E-state index in [1.165, 1.54) is 12.8 Å². The molecule has 2 N–H and O–H groups in total. The molecule has 0 radical (unpaired) electrons. The molecular formula is C13H23ClN4. The summed E-state index contributed by atoms with van der Waals surface area (Å²) in [4.78, 5) is 2.38. The highest BCUT2D eigenvalue weighted by molar-refractivity contribution is 6.31. The largest absolute Gasteiger partial charge is 0.328 e. The second-order valence-electron chi connectivity index (χ2n) is 5.45. The second-order valence-corrected chi connectivity index (χ2v) is 5.83. The summed E-state index contributed by atoms with van der Waals surface area (Å²) in [6.45, 7) is 2.81. The third kappa shape index (κ3) is 2.87.